The van der Waals surface area contributed by atoms with Crippen molar-refractivity contribution >= 4 is 5.82 Å². The Balaban J connectivity index is 2.00. The molecule has 3 heterocycles. The fraction of sp³-hybridized carbons (Fsp3) is 0.400. The SMILES string of the molecule is Nc1cccc(-c2nnnn2[C@H]2CCOC2)n1. The summed E-state index contributed by atoms with van der Waals surface area (Å²) in [6.07, 6.45) is 0.917. The van der Waals surface area contributed by atoms with Gasteiger partial charge >= 0.3 is 0 Å². The first kappa shape index (κ1) is 10.2. The topological polar surface area (TPSA) is 91.7 Å². The molecule has 2 aromatic rings. The Kier molecular flexibility index (Phi) is 2.45. The van der Waals surface area contributed by atoms with Crippen LogP contribution < -0.4 is 5.73 Å². The number of nitrogen functional groups attached to an aromatic ring is 1. The Hall–Kier alpha value is -2.02. The van der Waals surface area contributed by atoms with Crippen LogP contribution in [-0.4, -0.2) is 38.4 Å². The number of anilines is 1. The van der Waals surface area contributed by atoms with Crippen LogP contribution in [0.25, 0.3) is 11.5 Å². The lowest BCUT2D eigenvalue weighted by Gasteiger charge is -2.09. The highest BCUT2D eigenvalue weighted by Gasteiger charge is 2.23. The molecule has 1 aliphatic heterocycles. The number of hydrogen-bond acceptors (Lipinski definition) is 6. The summed E-state index contributed by atoms with van der Waals surface area (Å²) in [5.41, 5.74) is 6.34. The standard InChI is InChI=1S/C10H12N6O/c11-9-3-1-2-8(12-9)10-13-14-15-16(10)7-4-5-17-6-7/h1-3,7H,4-6H2,(H2,11,12)/t7-/m0/s1. The molecule has 0 aromatic carbocycles. The largest absolute Gasteiger partial charge is 0.384 e. The van der Waals surface area contributed by atoms with Crippen molar-refractivity contribution < 1.29 is 4.74 Å². The number of nitrogens with two attached hydrogens (primary N) is 1. The summed E-state index contributed by atoms with van der Waals surface area (Å²) in [4.78, 5) is 4.22. The summed E-state index contributed by atoms with van der Waals surface area (Å²) < 4.78 is 7.09. The van der Waals surface area contributed by atoms with Crippen molar-refractivity contribution in [3.05, 3.63) is 18.2 Å². The van der Waals surface area contributed by atoms with E-state index in [0.717, 1.165) is 13.0 Å². The van der Waals surface area contributed by atoms with Crippen LogP contribution in [0, 0.1) is 0 Å². The summed E-state index contributed by atoms with van der Waals surface area (Å²) in [6.45, 7) is 1.38. The molecule has 3 rings (SSSR count). The maximum atomic E-state index is 5.65. The molecule has 2 aromatic heterocycles. The minimum Gasteiger partial charge on any atom is -0.384 e. The molecule has 88 valence electrons. The highest BCUT2D eigenvalue weighted by Crippen LogP contribution is 2.23. The lowest BCUT2D eigenvalue weighted by atomic mass is 10.2. The molecule has 1 saturated heterocycles. The molecule has 17 heavy (non-hydrogen) atoms. The van der Waals surface area contributed by atoms with Crippen LogP contribution in [0.5, 0.6) is 0 Å². The molecule has 0 radical (unpaired) electrons. The summed E-state index contributed by atoms with van der Waals surface area (Å²) in [6, 6.07) is 5.59. The van der Waals surface area contributed by atoms with E-state index < -0.39 is 0 Å². The van der Waals surface area contributed by atoms with Crippen molar-refractivity contribution in [1.29, 1.82) is 0 Å². The van der Waals surface area contributed by atoms with Crippen molar-refractivity contribution in [1.82, 2.24) is 25.2 Å². The molecule has 2 N–H and O–H groups in total. The molecule has 0 aliphatic carbocycles. The zero-order chi connectivity index (χ0) is 11.7. The molecule has 1 aliphatic rings. The minimum absolute atomic E-state index is 0.184. The number of ether oxygens (including phenoxy) is 1. The number of rotatable bonds is 2. The number of nitrogens with zero attached hydrogens (tertiary/aromatic N) is 5. The number of hydrogen-bond donors (Lipinski definition) is 1. The lowest BCUT2D eigenvalue weighted by Crippen LogP contribution is -2.12. The van der Waals surface area contributed by atoms with E-state index in [-0.39, 0.29) is 6.04 Å². The predicted molar refractivity (Wildman–Crippen MR) is 59.9 cm³/mol. The fourth-order valence-corrected chi connectivity index (χ4v) is 1.90. The number of pyridine rings is 1. The third kappa shape index (κ3) is 1.84. The Morgan fingerprint density at radius 2 is 2.35 bits per heavy atom. The second kappa shape index (κ2) is 4.10. The Bertz CT molecular complexity index is 519. The quantitative estimate of drug-likeness (QED) is 0.799. The van der Waals surface area contributed by atoms with Crippen molar-refractivity contribution in [2.24, 2.45) is 0 Å². The van der Waals surface area contributed by atoms with Gasteiger partial charge in [0.2, 0.25) is 5.82 Å². The molecule has 0 bridgehead atoms. The van der Waals surface area contributed by atoms with Gasteiger partial charge in [0.25, 0.3) is 0 Å². The van der Waals surface area contributed by atoms with Gasteiger partial charge in [-0.2, -0.15) is 0 Å². The second-order valence-corrected chi connectivity index (χ2v) is 3.91. The van der Waals surface area contributed by atoms with E-state index >= 15 is 0 Å². The van der Waals surface area contributed by atoms with Crippen LogP contribution in [-0.2, 0) is 4.74 Å². The van der Waals surface area contributed by atoms with Gasteiger partial charge in [0.15, 0.2) is 0 Å². The smallest absolute Gasteiger partial charge is 0.201 e. The summed E-state index contributed by atoms with van der Waals surface area (Å²) >= 11 is 0. The summed E-state index contributed by atoms with van der Waals surface area (Å²) in [7, 11) is 0. The van der Waals surface area contributed by atoms with E-state index in [9.17, 15) is 0 Å². The van der Waals surface area contributed by atoms with Crippen molar-refractivity contribution in [2.75, 3.05) is 18.9 Å². The lowest BCUT2D eigenvalue weighted by molar-refractivity contribution is 0.184. The molecular weight excluding hydrogens is 220 g/mol. The van der Waals surface area contributed by atoms with Crippen LogP contribution in [0.1, 0.15) is 12.5 Å². The Labute approximate surface area is 97.6 Å². The van der Waals surface area contributed by atoms with Gasteiger partial charge in [0.1, 0.15) is 11.5 Å². The fourth-order valence-electron chi connectivity index (χ4n) is 1.90. The summed E-state index contributed by atoms with van der Waals surface area (Å²) in [5.74, 6) is 1.09. The van der Waals surface area contributed by atoms with Crippen molar-refractivity contribution in [2.45, 2.75) is 12.5 Å². The molecule has 0 amide bonds. The third-order valence-corrected chi connectivity index (χ3v) is 2.74. The normalized spacial score (nSPS) is 19.6. The van der Waals surface area contributed by atoms with Crippen LogP contribution >= 0.6 is 0 Å². The maximum Gasteiger partial charge on any atom is 0.201 e. The second-order valence-electron chi connectivity index (χ2n) is 3.91. The van der Waals surface area contributed by atoms with Crippen molar-refractivity contribution in [3.63, 3.8) is 0 Å². The Morgan fingerprint density at radius 3 is 3.12 bits per heavy atom. The molecule has 1 atom stereocenters. The highest BCUT2D eigenvalue weighted by molar-refractivity contribution is 5.51. The van der Waals surface area contributed by atoms with Gasteiger partial charge in [-0.3, -0.25) is 0 Å². The maximum absolute atomic E-state index is 5.65. The monoisotopic (exact) mass is 232 g/mol. The molecular formula is C10H12N6O. The number of aromatic nitrogens is 5. The van der Waals surface area contributed by atoms with Gasteiger partial charge < -0.3 is 10.5 Å². The minimum atomic E-state index is 0.184. The van der Waals surface area contributed by atoms with Gasteiger partial charge in [-0.25, -0.2) is 9.67 Å². The van der Waals surface area contributed by atoms with Crippen LogP contribution in [0.2, 0.25) is 0 Å². The zero-order valence-corrected chi connectivity index (χ0v) is 9.15. The third-order valence-electron chi connectivity index (χ3n) is 2.74. The average Bonchev–Trinajstić information content (AvgIpc) is 3.00. The number of tetrazole rings is 1. The first-order valence-electron chi connectivity index (χ1n) is 5.43. The van der Waals surface area contributed by atoms with Crippen LogP contribution in [0.4, 0.5) is 5.82 Å². The van der Waals surface area contributed by atoms with Gasteiger partial charge in [-0.05, 0) is 29.0 Å². The van der Waals surface area contributed by atoms with Crippen LogP contribution in [0.3, 0.4) is 0 Å². The van der Waals surface area contributed by atoms with E-state index in [2.05, 4.69) is 20.5 Å². The molecule has 1 fully saturated rings. The zero-order valence-electron chi connectivity index (χ0n) is 9.15. The molecule has 7 heteroatoms. The van der Waals surface area contributed by atoms with E-state index in [4.69, 9.17) is 10.5 Å². The Morgan fingerprint density at radius 1 is 1.41 bits per heavy atom. The molecule has 7 nitrogen and oxygen atoms in total. The molecule has 0 saturated carbocycles. The molecule has 0 unspecified atom stereocenters. The first-order valence-corrected chi connectivity index (χ1v) is 5.43. The van der Waals surface area contributed by atoms with E-state index in [0.29, 0.717) is 23.9 Å². The summed E-state index contributed by atoms with van der Waals surface area (Å²) in [5, 5.41) is 11.7. The molecule has 0 spiro atoms. The predicted octanol–water partition coefficient (Wildman–Crippen LogP) is 0.279. The van der Waals surface area contributed by atoms with Crippen LogP contribution in [0.15, 0.2) is 18.2 Å². The van der Waals surface area contributed by atoms with Gasteiger partial charge in [-0.1, -0.05) is 6.07 Å². The van der Waals surface area contributed by atoms with Gasteiger partial charge in [-0.15, -0.1) is 5.10 Å². The first-order chi connectivity index (χ1) is 8.34. The van der Waals surface area contributed by atoms with E-state index in [1.807, 2.05) is 12.1 Å². The van der Waals surface area contributed by atoms with Gasteiger partial charge in [0.05, 0.1) is 12.6 Å². The van der Waals surface area contributed by atoms with E-state index in [1.165, 1.54) is 0 Å². The average molecular weight is 232 g/mol. The highest BCUT2D eigenvalue weighted by atomic mass is 16.5. The van der Waals surface area contributed by atoms with Gasteiger partial charge in [0, 0.05) is 6.61 Å². The van der Waals surface area contributed by atoms with Crippen molar-refractivity contribution in [3.8, 4) is 11.5 Å². The van der Waals surface area contributed by atoms with E-state index in [1.54, 1.807) is 10.7 Å².